The van der Waals surface area contributed by atoms with Gasteiger partial charge in [0, 0.05) is 12.7 Å². The lowest BCUT2D eigenvalue weighted by atomic mass is 10.1. The number of carbonyl (C=O) groups is 2. The van der Waals surface area contributed by atoms with E-state index in [0.717, 1.165) is 5.56 Å². The Morgan fingerprint density at radius 3 is 2.71 bits per heavy atom. The van der Waals surface area contributed by atoms with Crippen LogP contribution < -0.4 is 11.1 Å². The minimum Gasteiger partial charge on any atom is -0.465 e. The SMILES string of the molecule is CNC(=O)CCOC(=O)Cc1ccccc1N. The topological polar surface area (TPSA) is 81.4 Å². The van der Waals surface area contributed by atoms with Gasteiger partial charge in [0.1, 0.15) is 6.61 Å². The van der Waals surface area contributed by atoms with Crippen LogP contribution in [0.2, 0.25) is 0 Å². The van der Waals surface area contributed by atoms with E-state index in [4.69, 9.17) is 10.5 Å². The molecule has 1 rings (SSSR count). The van der Waals surface area contributed by atoms with E-state index in [1.54, 1.807) is 18.2 Å². The van der Waals surface area contributed by atoms with Crippen molar-refractivity contribution in [1.29, 1.82) is 0 Å². The zero-order valence-electron chi connectivity index (χ0n) is 9.73. The molecule has 0 aliphatic rings. The quantitative estimate of drug-likeness (QED) is 0.576. The number of carbonyl (C=O) groups excluding carboxylic acids is 2. The Hall–Kier alpha value is -2.04. The summed E-state index contributed by atoms with van der Waals surface area (Å²) in [5, 5.41) is 2.45. The van der Waals surface area contributed by atoms with Crippen LogP contribution in [0.15, 0.2) is 24.3 Å². The van der Waals surface area contributed by atoms with Crippen LogP contribution >= 0.6 is 0 Å². The van der Waals surface area contributed by atoms with Crippen molar-refractivity contribution < 1.29 is 14.3 Å². The third-order valence-electron chi connectivity index (χ3n) is 2.26. The highest BCUT2D eigenvalue weighted by Crippen LogP contribution is 2.11. The summed E-state index contributed by atoms with van der Waals surface area (Å²) in [6.45, 7) is 0.0885. The van der Waals surface area contributed by atoms with Crippen LogP contribution in [-0.2, 0) is 20.7 Å². The Kier molecular flexibility index (Phi) is 5.00. The van der Waals surface area contributed by atoms with Gasteiger partial charge in [0.25, 0.3) is 0 Å². The molecule has 0 radical (unpaired) electrons. The molecule has 0 fully saturated rings. The average Bonchev–Trinajstić information content (AvgIpc) is 2.32. The van der Waals surface area contributed by atoms with Crippen molar-refractivity contribution in [3.63, 3.8) is 0 Å². The van der Waals surface area contributed by atoms with Crippen molar-refractivity contribution in [2.75, 3.05) is 19.4 Å². The first kappa shape index (κ1) is 13.0. The van der Waals surface area contributed by atoms with Crippen molar-refractivity contribution >= 4 is 17.6 Å². The molecule has 0 atom stereocenters. The lowest BCUT2D eigenvalue weighted by Crippen LogP contribution is -2.20. The summed E-state index contributed by atoms with van der Waals surface area (Å²) >= 11 is 0. The van der Waals surface area contributed by atoms with E-state index in [2.05, 4.69) is 5.32 Å². The van der Waals surface area contributed by atoms with Crippen LogP contribution in [-0.4, -0.2) is 25.5 Å². The predicted molar refractivity (Wildman–Crippen MR) is 64.2 cm³/mol. The van der Waals surface area contributed by atoms with Gasteiger partial charge >= 0.3 is 5.97 Å². The van der Waals surface area contributed by atoms with Crippen molar-refractivity contribution in [1.82, 2.24) is 5.32 Å². The van der Waals surface area contributed by atoms with Gasteiger partial charge in [0.2, 0.25) is 5.91 Å². The monoisotopic (exact) mass is 236 g/mol. The van der Waals surface area contributed by atoms with Gasteiger partial charge in [-0.2, -0.15) is 0 Å². The van der Waals surface area contributed by atoms with Gasteiger partial charge in [-0.05, 0) is 11.6 Å². The van der Waals surface area contributed by atoms with Gasteiger partial charge in [0.15, 0.2) is 0 Å². The van der Waals surface area contributed by atoms with Crippen molar-refractivity contribution in [2.24, 2.45) is 0 Å². The highest BCUT2D eigenvalue weighted by Gasteiger charge is 2.08. The summed E-state index contributed by atoms with van der Waals surface area (Å²) < 4.78 is 4.92. The summed E-state index contributed by atoms with van der Waals surface area (Å²) in [5.41, 5.74) is 6.99. The van der Waals surface area contributed by atoms with Crippen LogP contribution in [0.5, 0.6) is 0 Å². The maximum absolute atomic E-state index is 11.4. The number of anilines is 1. The summed E-state index contributed by atoms with van der Waals surface area (Å²) in [6.07, 6.45) is 0.299. The minimum absolute atomic E-state index is 0.0885. The first-order valence-corrected chi connectivity index (χ1v) is 5.33. The van der Waals surface area contributed by atoms with Crippen molar-refractivity contribution in [3.05, 3.63) is 29.8 Å². The molecule has 0 aliphatic heterocycles. The third kappa shape index (κ3) is 4.55. The van der Waals surface area contributed by atoms with Gasteiger partial charge in [-0.3, -0.25) is 9.59 Å². The molecule has 5 nitrogen and oxygen atoms in total. The largest absolute Gasteiger partial charge is 0.465 e. The number of nitrogen functional groups attached to an aromatic ring is 1. The van der Waals surface area contributed by atoms with E-state index in [1.807, 2.05) is 6.07 Å². The maximum Gasteiger partial charge on any atom is 0.310 e. The van der Waals surface area contributed by atoms with Gasteiger partial charge in [-0.15, -0.1) is 0 Å². The standard InChI is InChI=1S/C12H16N2O3/c1-14-11(15)6-7-17-12(16)8-9-4-2-3-5-10(9)13/h2-5H,6-8,13H2,1H3,(H,14,15). The third-order valence-corrected chi connectivity index (χ3v) is 2.26. The van der Waals surface area contributed by atoms with E-state index in [9.17, 15) is 9.59 Å². The Morgan fingerprint density at radius 2 is 2.06 bits per heavy atom. The van der Waals surface area contributed by atoms with Gasteiger partial charge in [-0.25, -0.2) is 0 Å². The average molecular weight is 236 g/mol. The molecule has 0 bridgehead atoms. The van der Waals surface area contributed by atoms with Gasteiger partial charge in [0.05, 0.1) is 12.8 Å². The number of hydrogen-bond acceptors (Lipinski definition) is 4. The van der Waals surface area contributed by atoms with E-state index in [1.165, 1.54) is 7.05 Å². The Morgan fingerprint density at radius 1 is 1.35 bits per heavy atom. The summed E-state index contributed by atoms with van der Waals surface area (Å²) in [5.74, 6) is -0.538. The molecule has 3 N–H and O–H groups in total. The van der Waals surface area contributed by atoms with Gasteiger partial charge in [-0.1, -0.05) is 18.2 Å². The molecule has 5 heteroatoms. The lowest BCUT2D eigenvalue weighted by Gasteiger charge is -2.06. The number of amides is 1. The molecule has 0 aromatic heterocycles. The Labute approximate surface area is 99.9 Å². The van der Waals surface area contributed by atoms with E-state index >= 15 is 0 Å². The molecule has 0 spiro atoms. The number of hydrogen-bond donors (Lipinski definition) is 2. The fourth-order valence-corrected chi connectivity index (χ4v) is 1.28. The van der Waals surface area contributed by atoms with E-state index in [-0.39, 0.29) is 31.3 Å². The molecule has 0 heterocycles. The van der Waals surface area contributed by atoms with Crippen molar-refractivity contribution in [2.45, 2.75) is 12.8 Å². The van der Waals surface area contributed by atoms with Crippen LogP contribution in [0, 0.1) is 0 Å². The number of ether oxygens (including phenoxy) is 1. The first-order chi connectivity index (χ1) is 8.13. The predicted octanol–water partition coefficient (Wildman–Crippen LogP) is 0.491. The van der Waals surface area contributed by atoms with Crippen LogP contribution in [0.4, 0.5) is 5.69 Å². The molecule has 1 aromatic rings. The molecule has 1 amide bonds. The second-order valence-corrected chi connectivity index (χ2v) is 3.52. The summed E-state index contributed by atoms with van der Waals surface area (Å²) in [7, 11) is 1.54. The number of benzene rings is 1. The van der Waals surface area contributed by atoms with Crippen molar-refractivity contribution in [3.8, 4) is 0 Å². The van der Waals surface area contributed by atoms with E-state index in [0.29, 0.717) is 5.69 Å². The molecule has 1 aromatic carbocycles. The Bertz CT molecular complexity index is 404. The van der Waals surface area contributed by atoms with Crippen LogP contribution in [0.25, 0.3) is 0 Å². The molecule has 92 valence electrons. The highest BCUT2D eigenvalue weighted by molar-refractivity contribution is 5.77. The minimum atomic E-state index is -0.383. The molecular formula is C12H16N2O3. The lowest BCUT2D eigenvalue weighted by molar-refractivity contribution is -0.143. The molecule has 17 heavy (non-hydrogen) atoms. The molecular weight excluding hydrogens is 220 g/mol. The fourth-order valence-electron chi connectivity index (χ4n) is 1.28. The molecule has 0 saturated carbocycles. The molecule has 0 aliphatic carbocycles. The summed E-state index contributed by atoms with van der Waals surface area (Å²) in [4.78, 5) is 22.3. The molecule has 0 unspecified atom stereocenters. The highest BCUT2D eigenvalue weighted by atomic mass is 16.5. The number of esters is 1. The number of rotatable bonds is 5. The zero-order chi connectivity index (χ0) is 12.7. The zero-order valence-corrected chi connectivity index (χ0v) is 9.73. The second-order valence-electron chi connectivity index (χ2n) is 3.52. The smallest absolute Gasteiger partial charge is 0.310 e. The Balaban J connectivity index is 2.35. The fraction of sp³-hybridized carbons (Fsp3) is 0.333. The van der Waals surface area contributed by atoms with Gasteiger partial charge < -0.3 is 15.8 Å². The molecule has 0 saturated heterocycles. The first-order valence-electron chi connectivity index (χ1n) is 5.33. The number of nitrogens with two attached hydrogens (primary N) is 1. The normalized spacial score (nSPS) is 9.71. The van der Waals surface area contributed by atoms with E-state index < -0.39 is 0 Å². The number of para-hydroxylation sites is 1. The van der Waals surface area contributed by atoms with Crippen LogP contribution in [0.1, 0.15) is 12.0 Å². The van der Waals surface area contributed by atoms with Crippen LogP contribution in [0.3, 0.4) is 0 Å². The summed E-state index contributed by atoms with van der Waals surface area (Å²) in [6, 6.07) is 7.11. The second kappa shape index (κ2) is 6.52. The maximum atomic E-state index is 11.4. The number of nitrogens with one attached hydrogen (secondary N) is 1.